The standard InChI is InChI=1S/C13H14Cl2N4O2S/c1-21-6-5-19-8-16-18-13(19)22-7-11(20)17-12-9(14)3-2-4-10(12)15/h2-4,8H,5-7H2,1H3,(H,17,20). The van der Waals surface area contributed by atoms with Crippen molar-refractivity contribution in [2.24, 2.45) is 0 Å². The maximum atomic E-state index is 12.0. The van der Waals surface area contributed by atoms with E-state index in [1.54, 1.807) is 31.6 Å². The molecule has 1 N–H and O–H groups in total. The quantitative estimate of drug-likeness (QED) is 0.768. The van der Waals surface area contributed by atoms with Gasteiger partial charge in [-0.1, -0.05) is 41.0 Å². The van der Waals surface area contributed by atoms with Gasteiger partial charge in [-0.3, -0.25) is 4.79 Å². The van der Waals surface area contributed by atoms with Crippen LogP contribution in [0.3, 0.4) is 0 Å². The first-order valence-electron chi connectivity index (χ1n) is 6.35. The minimum atomic E-state index is -0.221. The summed E-state index contributed by atoms with van der Waals surface area (Å²) in [5.74, 6) is -0.0472. The van der Waals surface area contributed by atoms with Crippen LogP contribution in [0, 0.1) is 0 Å². The molecule has 2 rings (SSSR count). The summed E-state index contributed by atoms with van der Waals surface area (Å²) >= 11 is 13.3. The van der Waals surface area contributed by atoms with Crippen molar-refractivity contribution in [3.05, 3.63) is 34.6 Å². The average Bonchev–Trinajstić information content (AvgIpc) is 2.94. The van der Waals surface area contributed by atoms with E-state index < -0.39 is 0 Å². The molecule has 0 aliphatic heterocycles. The number of rotatable bonds is 7. The Balaban J connectivity index is 1.92. The Labute approximate surface area is 142 Å². The zero-order valence-electron chi connectivity index (χ0n) is 11.8. The highest BCUT2D eigenvalue weighted by Crippen LogP contribution is 2.30. The second-order valence-corrected chi connectivity index (χ2v) is 5.99. The molecule has 6 nitrogen and oxygen atoms in total. The Morgan fingerprint density at radius 3 is 2.82 bits per heavy atom. The Hall–Kier alpha value is -1.28. The Bertz CT molecular complexity index is 630. The number of carbonyl (C=O) groups excluding carboxylic acids is 1. The predicted molar refractivity (Wildman–Crippen MR) is 87.7 cm³/mol. The van der Waals surface area contributed by atoms with Gasteiger partial charge in [0.2, 0.25) is 5.91 Å². The predicted octanol–water partition coefficient (Wildman–Crippen LogP) is 2.96. The third kappa shape index (κ3) is 4.61. The van der Waals surface area contributed by atoms with E-state index in [1.807, 2.05) is 4.57 Å². The maximum absolute atomic E-state index is 12.0. The normalized spacial score (nSPS) is 10.7. The third-order valence-electron chi connectivity index (χ3n) is 2.68. The average molecular weight is 361 g/mol. The van der Waals surface area contributed by atoms with Crippen LogP contribution >= 0.6 is 35.0 Å². The van der Waals surface area contributed by atoms with Crippen LogP contribution in [0.5, 0.6) is 0 Å². The first-order valence-corrected chi connectivity index (χ1v) is 8.09. The lowest BCUT2D eigenvalue weighted by molar-refractivity contribution is -0.113. The molecule has 0 fully saturated rings. The highest BCUT2D eigenvalue weighted by Gasteiger charge is 2.12. The number of carbonyl (C=O) groups is 1. The number of aromatic nitrogens is 3. The molecule has 2 aromatic rings. The summed E-state index contributed by atoms with van der Waals surface area (Å²) in [4.78, 5) is 12.0. The van der Waals surface area contributed by atoms with E-state index in [0.717, 1.165) is 0 Å². The second kappa shape index (κ2) is 8.38. The smallest absolute Gasteiger partial charge is 0.234 e. The molecule has 1 amide bonds. The second-order valence-electron chi connectivity index (χ2n) is 4.23. The molecule has 1 heterocycles. The molecule has 9 heteroatoms. The van der Waals surface area contributed by atoms with E-state index in [4.69, 9.17) is 27.9 Å². The van der Waals surface area contributed by atoms with Crippen LogP contribution in [0.25, 0.3) is 0 Å². The van der Waals surface area contributed by atoms with Crippen molar-refractivity contribution >= 4 is 46.6 Å². The van der Waals surface area contributed by atoms with E-state index in [1.165, 1.54) is 11.8 Å². The highest BCUT2D eigenvalue weighted by atomic mass is 35.5. The van der Waals surface area contributed by atoms with Gasteiger partial charge in [0.05, 0.1) is 28.1 Å². The molecule has 118 valence electrons. The van der Waals surface area contributed by atoms with E-state index in [2.05, 4.69) is 15.5 Å². The Kier molecular flexibility index (Phi) is 6.50. The lowest BCUT2D eigenvalue weighted by atomic mass is 10.3. The van der Waals surface area contributed by atoms with Crippen molar-refractivity contribution < 1.29 is 9.53 Å². The molecular weight excluding hydrogens is 347 g/mol. The number of nitrogens with zero attached hydrogens (tertiary/aromatic N) is 3. The van der Waals surface area contributed by atoms with Crippen molar-refractivity contribution in [3.8, 4) is 0 Å². The fourth-order valence-electron chi connectivity index (χ4n) is 1.62. The summed E-state index contributed by atoms with van der Waals surface area (Å²) in [5.41, 5.74) is 0.414. The summed E-state index contributed by atoms with van der Waals surface area (Å²) in [7, 11) is 1.62. The molecule has 0 atom stereocenters. The maximum Gasteiger partial charge on any atom is 0.234 e. The number of hydrogen-bond acceptors (Lipinski definition) is 5. The summed E-state index contributed by atoms with van der Waals surface area (Å²) in [6, 6.07) is 5.04. The lowest BCUT2D eigenvalue weighted by Crippen LogP contribution is -2.15. The van der Waals surface area contributed by atoms with Crippen LogP contribution < -0.4 is 5.32 Å². The van der Waals surface area contributed by atoms with Gasteiger partial charge < -0.3 is 14.6 Å². The van der Waals surface area contributed by atoms with E-state index in [9.17, 15) is 4.79 Å². The third-order valence-corrected chi connectivity index (χ3v) is 4.29. The fourth-order valence-corrected chi connectivity index (χ4v) is 2.86. The van der Waals surface area contributed by atoms with Crippen LogP contribution in [-0.4, -0.2) is 40.1 Å². The summed E-state index contributed by atoms with van der Waals surface area (Å²) in [6.07, 6.45) is 1.60. The number of hydrogen-bond donors (Lipinski definition) is 1. The molecule has 0 saturated carbocycles. The molecule has 0 radical (unpaired) electrons. The van der Waals surface area contributed by atoms with E-state index in [-0.39, 0.29) is 11.7 Å². The number of ether oxygens (including phenoxy) is 1. The molecule has 1 aromatic carbocycles. The molecule has 0 unspecified atom stereocenters. The minimum Gasteiger partial charge on any atom is -0.383 e. The number of amides is 1. The monoisotopic (exact) mass is 360 g/mol. The lowest BCUT2D eigenvalue weighted by Gasteiger charge is -2.09. The molecule has 22 heavy (non-hydrogen) atoms. The first kappa shape index (κ1) is 17.1. The van der Waals surface area contributed by atoms with Gasteiger partial charge in [0.1, 0.15) is 6.33 Å². The molecule has 0 spiro atoms. The van der Waals surface area contributed by atoms with E-state index >= 15 is 0 Å². The minimum absolute atomic E-state index is 0.174. The van der Waals surface area contributed by atoms with Crippen molar-refractivity contribution in [2.75, 3.05) is 24.8 Å². The van der Waals surface area contributed by atoms with Gasteiger partial charge in [0.25, 0.3) is 0 Å². The van der Waals surface area contributed by atoms with E-state index in [0.29, 0.717) is 34.0 Å². The van der Waals surface area contributed by atoms with Gasteiger partial charge in [-0.05, 0) is 12.1 Å². The van der Waals surface area contributed by atoms with Crippen molar-refractivity contribution in [1.82, 2.24) is 14.8 Å². The molecule has 0 aliphatic rings. The van der Waals surface area contributed by atoms with Crippen LogP contribution in [0.2, 0.25) is 10.0 Å². The first-order chi connectivity index (χ1) is 10.6. The number of halogens is 2. The number of methoxy groups -OCH3 is 1. The largest absolute Gasteiger partial charge is 0.383 e. The number of anilines is 1. The molecule has 0 bridgehead atoms. The number of thioether (sulfide) groups is 1. The Morgan fingerprint density at radius 2 is 2.14 bits per heavy atom. The van der Waals surface area contributed by atoms with Crippen LogP contribution in [-0.2, 0) is 16.1 Å². The zero-order valence-corrected chi connectivity index (χ0v) is 14.1. The van der Waals surface area contributed by atoms with Gasteiger partial charge in [-0.2, -0.15) is 0 Å². The summed E-state index contributed by atoms with van der Waals surface area (Å²) in [6.45, 7) is 1.18. The number of para-hydroxylation sites is 1. The van der Waals surface area contributed by atoms with Gasteiger partial charge in [-0.25, -0.2) is 0 Å². The Morgan fingerprint density at radius 1 is 1.41 bits per heavy atom. The molecule has 1 aromatic heterocycles. The molecule has 0 saturated heterocycles. The summed E-state index contributed by atoms with van der Waals surface area (Å²) < 4.78 is 6.83. The van der Waals surface area contributed by atoms with Crippen LogP contribution in [0.4, 0.5) is 5.69 Å². The molecular formula is C13H14Cl2N4O2S. The van der Waals surface area contributed by atoms with Gasteiger partial charge in [0, 0.05) is 13.7 Å². The highest BCUT2D eigenvalue weighted by molar-refractivity contribution is 7.99. The van der Waals surface area contributed by atoms with Gasteiger partial charge in [0.15, 0.2) is 5.16 Å². The zero-order chi connectivity index (χ0) is 15.9. The van der Waals surface area contributed by atoms with Crippen molar-refractivity contribution in [3.63, 3.8) is 0 Å². The van der Waals surface area contributed by atoms with Crippen LogP contribution in [0.15, 0.2) is 29.7 Å². The van der Waals surface area contributed by atoms with Crippen LogP contribution in [0.1, 0.15) is 0 Å². The van der Waals surface area contributed by atoms with Gasteiger partial charge in [-0.15, -0.1) is 10.2 Å². The summed E-state index contributed by atoms with van der Waals surface area (Å²) in [5, 5.41) is 11.9. The number of nitrogens with one attached hydrogen (secondary N) is 1. The fraction of sp³-hybridized carbons (Fsp3) is 0.308. The number of benzene rings is 1. The van der Waals surface area contributed by atoms with Gasteiger partial charge >= 0.3 is 0 Å². The van der Waals surface area contributed by atoms with Crippen molar-refractivity contribution in [1.29, 1.82) is 0 Å². The topological polar surface area (TPSA) is 69.0 Å². The van der Waals surface area contributed by atoms with Crippen molar-refractivity contribution in [2.45, 2.75) is 11.7 Å². The molecule has 0 aliphatic carbocycles. The SMILES string of the molecule is COCCn1cnnc1SCC(=O)Nc1c(Cl)cccc1Cl.